The van der Waals surface area contributed by atoms with Gasteiger partial charge in [0.05, 0.1) is 18.3 Å². The molecule has 0 spiro atoms. The highest BCUT2D eigenvalue weighted by molar-refractivity contribution is 5.12. The summed E-state index contributed by atoms with van der Waals surface area (Å²) < 4.78 is 7.80. The molecule has 2 heterocycles. The van der Waals surface area contributed by atoms with Crippen LogP contribution in [0, 0.1) is 0 Å². The molecule has 1 aromatic rings. The molecule has 1 saturated heterocycles. The van der Waals surface area contributed by atoms with E-state index in [-0.39, 0.29) is 6.04 Å². The first-order chi connectivity index (χ1) is 9.78. The van der Waals surface area contributed by atoms with E-state index >= 15 is 0 Å². The van der Waals surface area contributed by atoms with Gasteiger partial charge >= 0.3 is 0 Å². The van der Waals surface area contributed by atoms with E-state index in [1.807, 2.05) is 10.9 Å². The van der Waals surface area contributed by atoms with Crippen molar-refractivity contribution in [2.24, 2.45) is 5.73 Å². The maximum absolute atomic E-state index is 6.02. The number of piperidine rings is 1. The molecule has 0 amide bonds. The van der Waals surface area contributed by atoms with E-state index in [0.29, 0.717) is 12.6 Å². The average Bonchev–Trinajstić information content (AvgIpc) is 2.89. The van der Waals surface area contributed by atoms with E-state index < -0.39 is 0 Å². The second kappa shape index (κ2) is 7.76. The van der Waals surface area contributed by atoms with Gasteiger partial charge in [0.15, 0.2) is 0 Å². The summed E-state index contributed by atoms with van der Waals surface area (Å²) in [6.07, 6.45) is 7.92. The maximum atomic E-state index is 6.02. The number of hydrogen-bond acceptors (Lipinski definition) is 4. The van der Waals surface area contributed by atoms with Gasteiger partial charge < -0.3 is 10.5 Å². The predicted molar refractivity (Wildman–Crippen MR) is 80.5 cm³/mol. The Morgan fingerprint density at radius 3 is 3.05 bits per heavy atom. The lowest BCUT2D eigenvalue weighted by atomic mass is 10.0. The molecular formula is C15H28N4O. The number of hydrogen-bond donors (Lipinski definition) is 1. The molecule has 20 heavy (non-hydrogen) atoms. The highest BCUT2D eigenvalue weighted by Crippen LogP contribution is 2.24. The van der Waals surface area contributed by atoms with E-state index in [9.17, 15) is 0 Å². The molecule has 0 aromatic carbocycles. The normalized spacial score (nSPS) is 22.1. The third kappa shape index (κ3) is 3.81. The third-order valence-electron chi connectivity index (χ3n) is 3.97. The summed E-state index contributed by atoms with van der Waals surface area (Å²) in [5.41, 5.74) is 7.25. The summed E-state index contributed by atoms with van der Waals surface area (Å²) in [6.45, 7) is 8.71. The smallest absolute Gasteiger partial charge is 0.0702 e. The molecule has 1 aliphatic heterocycles. The Bertz CT molecular complexity index is 391. The van der Waals surface area contributed by atoms with Crippen molar-refractivity contribution in [3.63, 3.8) is 0 Å². The highest BCUT2D eigenvalue weighted by atomic mass is 16.5. The first-order valence-corrected chi connectivity index (χ1v) is 7.86. The van der Waals surface area contributed by atoms with Crippen molar-refractivity contribution in [2.45, 2.75) is 51.8 Å². The molecule has 114 valence electrons. The van der Waals surface area contributed by atoms with Crippen LogP contribution in [-0.4, -0.2) is 47.0 Å². The fourth-order valence-electron chi connectivity index (χ4n) is 3.02. The minimum Gasteiger partial charge on any atom is -0.377 e. The summed E-state index contributed by atoms with van der Waals surface area (Å²) in [4.78, 5) is 2.46. The van der Waals surface area contributed by atoms with Gasteiger partial charge in [-0.25, -0.2) is 0 Å². The van der Waals surface area contributed by atoms with Crippen LogP contribution in [-0.2, 0) is 11.3 Å². The lowest BCUT2D eigenvalue weighted by Crippen LogP contribution is -2.43. The Balaban J connectivity index is 2.02. The lowest BCUT2D eigenvalue weighted by molar-refractivity contribution is -0.00660. The molecule has 0 bridgehead atoms. The van der Waals surface area contributed by atoms with Crippen LogP contribution in [0.4, 0.5) is 0 Å². The van der Waals surface area contributed by atoms with Gasteiger partial charge in [0.25, 0.3) is 0 Å². The van der Waals surface area contributed by atoms with Gasteiger partial charge in [0, 0.05) is 38.0 Å². The summed E-state index contributed by atoms with van der Waals surface area (Å²) in [5.74, 6) is 0. The Hall–Kier alpha value is -0.910. The van der Waals surface area contributed by atoms with Gasteiger partial charge in [-0.05, 0) is 32.7 Å². The minimum absolute atomic E-state index is 0.267. The van der Waals surface area contributed by atoms with Gasteiger partial charge in [-0.3, -0.25) is 9.58 Å². The molecule has 1 aliphatic rings. The molecule has 0 saturated carbocycles. The third-order valence-corrected chi connectivity index (χ3v) is 3.97. The number of rotatable bonds is 7. The number of nitrogens with zero attached hydrogens (tertiary/aromatic N) is 3. The second-order valence-electron chi connectivity index (χ2n) is 5.50. The molecule has 0 radical (unpaired) electrons. The topological polar surface area (TPSA) is 56.3 Å². The molecule has 1 fully saturated rings. The standard InChI is InChI=1S/C15H28N4O/c1-3-7-19-11-13(10-17-19)15(9-16)18-8-5-6-14(12-18)20-4-2/h10-11,14-15H,3-9,12,16H2,1-2H3. The van der Waals surface area contributed by atoms with Crippen LogP contribution in [0.1, 0.15) is 44.7 Å². The summed E-state index contributed by atoms with van der Waals surface area (Å²) in [7, 11) is 0. The fourth-order valence-corrected chi connectivity index (χ4v) is 3.02. The zero-order valence-electron chi connectivity index (χ0n) is 12.8. The summed E-state index contributed by atoms with van der Waals surface area (Å²) >= 11 is 0. The summed E-state index contributed by atoms with van der Waals surface area (Å²) in [6, 6.07) is 0.267. The van der Waals surface area contributed by atoms with Crippen molar-refractivity contribution in [3.8, 4) is 0 Å². The van der Waals surface area contributed by atoms with Crippen LogP contribution in [0.5, 0.6) is 0 Å². The lowest BCUT2D eigenvalue weighted by Gasteiger charge is -2.37. The maximum Gasteiger partial charge on any atom is 0.0702 e. The van der Waals surface area contributed by atoms with E-state index in [4.69, 9.17) is 10.5 Å². The fraction of sp³-hybridized carbons (Fsp3) is 0.800. The van der Waals surface area contributed by atoms with Crippen molar-refractivity contribution in [1.82, 2.24) is 14.7 Å². The zero-order chi connectivity index (χ0) is 14.4. The molecule has 2 rings (SSSR count). The van der Waals surface area contributed by atoms with Crippen molar-refractivity contribution in [2.75, 3.05) is 26.2 Å². The molecule has 1 aromatic heterocycles. The van der Waals surface area contributed by atoms with Crippen molar-refractivity contribution in [3.05, 3.63) is 18.0 Å². The number of ether oxygens (including phenoxy) is 1. The monoisotopic (exact) mass is 280 g/mol. The van der Waals surface area contributed by atoms with Crippen LogP contribution in [0.15, 0.2) is 12.4 Å². The van der Waals surface area contributed by atoms with Crippen molar-refractivity contribution in [1.29, 1.82) is 0 Å². The van der Waals surface area contributed by atoms with Crippen molar-refractivity contribution >= 4 is 0 Å². The molecular weight excluding hydrogens is 252 g/mol. The van der Waals surface area contributed by atoms with E-state index in [0.717, 1.165) is 39.1 Å². The minimum atomic E-state index is 0.267. The molecule has 5 heteroatoms. The molecule has 2 atom stereocenters. The van der Waals surface area contributed by atoms with Crippen molar-refractivity contribution < 1.29 is 4.74 Å². The van der Waals surface area contributed by atoms with E-state index in [2.05, 4.69) is 30.0 Å². The Morgan fingerprint density at radius 1 is 1.50 bits per heavy atom. The zero-order valence-corrected chi connectivity index (χ0v) is 12.8. The van der Waals surface area contributed by atoms with Gasteiger partial charge in [0.2, 0.25) is 0 Å². The molecule has 0 aliphatic carbocycles. The molecule has 2 unspecified atom stereocenters. The second-order valence-corrected chi connectivity index (χ2v) is 5.50. The number of nitrogens with two attached hydrogens (primary N) is 1. The van der Waals surface area contributed by atoms with Gasteiger partial charge in [-0.2, -0.15) is 5.10 Å². The quantitative estimate of drug-likeness (QED) is 0.827. The number of aryl methyl sites for hydroxylation is 1. The number of aromatic nitrogens is 2. The van der Waals surface area contributed by atoms with E-state index in [1.54, 1.807) is 0 Å². The van der Waals surface area contributed by atoms with Crippen LogP contribution in [0.2, 0.25) is 0 Å². The molecule has 2 N–H and O–H groups in total. The SMILES string of the molecule is CCCn1cc(C(CN)N2CCCC(OCC)C2)cn1. The van der Waals surface area contributed by atoms with Gasteiger partial charge in [0.1, 0.15) is 0 Å². The first-order valence-electron chi connectivity index (χ1n) is 7.86. The Morgan fingerprint density at radius 2 is 2.35 bits per heavy atom. The van der Waals surface area contributed by atoms with Crippen LogP contribution >= 0.6 is 0 Å². The molecule has 5 nitrogen and oxygen atoms in total. The first kappa shape index (κ1) is 15.5. The largest absolute Gasteiger partial charge is 0.377 e. The van der Waals surface area contributed by atoms with Crippen LogP contribution in [0.25, 0.3) is 0 Å². The Kier molecular flexibility index (Phi) is 6.01. The highest BCUT2D eigenvalue weighted by Gasteiger charge is 2.27. The van der Waals surface area contributed by atoms with Crippen LogP contribution in [0.3, 0.4) is 0 Å². The van der Waals surface area contributed by atoms with Crippen LogP contribution < -0.4 is 5.73 Å². The summed E-state index contributed by atoms with van der Waals surface area (Å²) in [5, 5.41) is 4.43. The predicted octanol–water partition coefficient (Wildman–Crippen LogP) is 1.79. The van der Waals surface area contributed by atoms with E-state index in [1.165, 1.54) is 12.0 Å². The number of likely N-dealkylation sites (tertiary alicyclic amines) is 1. The van der Waals surface area contributed by atoms with Gasteiger partial charge in [-0.1, -0.05) is 6.92 Å². The average molecular weight is 280 g/mol. The van der Waals surface area contributed by atoms with Gasteiger partial charge in [-0.15, -0.1) is 0 Å². The Labute approximate surface area is 122 Å².